The summed E-state index contributed by atoms with van der Waals surface area (Å²) in [5.74, 6) is 8.04. The highest BCUT2D eigenvalue weighted by atomic mass is 35.5. The zero-order valence-corrected chi connectivity index (χ0v) is 17.7. The molecule has 6 heteroatoms. The van der Waals surface area contributed by atoms with Gasteiger partial charge in [-0.05, 0) is 30.2 Å². The number of rotatable bonds is 7. The van der Waals surface area contributed by atoms with Crippen LogP contribution < -0.4 is 0 Å². The molecule has 0 aliphatic rings. The van der Waals surface area contributed by atoms with Crippen LogP contribution in [0.5, 0.6) is 0 Å². The second kappa shape index (κ2) is 10.3. The van der Waals surface area contributed by atoms with Crippen molar-refractivity contribution in [3.63, 3.8) is 0 Å². The molecule has 0 fully saturated rings. The van der Waals surface area contributed by atoms with Crippen LogP contribution in [0, 0.1) is 11.8 Å². The van der Waals surface area contributed by atoms with E-state index in [1.165, 1.54) is 18.4 Å². The molecule has 0 amide bonds. The molecule has 3 rings (SSSR count). The van der Waals surface area contributed by atoms with E-state index in [0.717, 1.165) is 45.7 Å². The molecule has 0 spiro atoms. The van der Waals surface area contributed by atoms with Crippen LogP contribution in [0.4, 0.5) is 0 Å². The summed E-state index contributed by atoms with van der Waals surface area (Å²) in [6, 6.07) is 9.88. The molecular weight excluding hydrogens is 388 g/mol. The normalized spacial score (nSPS) is 10.5. The first-order valence-electron chi connectivity index (χ1n) is 9.38. The predicted octanol–water partition coefficient (Wildman–Crippen LogP) is 5.75. The Hall–Kier alpha value is -2.29. The lowest BCUT2D eigenvalue weighted by Crippen LogP contribution is -1.96. The number of thioether (sulfide) groups is 1. The molecule has 0 saturated carbocycles. The highest BCUT2D eigenvalue weighted by molar-refractivity contribution is 7.98. The molecule has 144 valence electrons. The van der Waals surface area contributed by atoms with E-state index in [9.17, 15) is 0 Å². The first-order valence-corrected chi connectivity index (χ1v) is 10.7. The minimum absolute atomic E-state index is 0.746. The summed E-state index contributed by atoms with van der Waals surface area (Å²) in [6.07, 6.45) is 8.11. The molecule has 1 aromatic carbocycles. The Labute approximate surface area is 175 Å². The highest BCUT2D eigenvalue weighted by Crippen LogP contribution is 2.25. The van der Waals surface area contributed by atoms with Gasteiger partial charge in [-0.1, -0.05) is 67.1 Å². The van der Waals surface area contributed by atoms with E-state index in [1.54, 1.807) is 24.2 Å². The van der Waals surface area contributed by atoms with Crippen LogP contribution in [0.2, 0.25) is 5.02 Å². The zero-order valence-electron chi connectivity index (χ0n) is 16.2. The van der Waals surface area contributed by atoms with Gasteiger partial charge in [0.05, 0.1) is 0 Å². The van der Waals surface area contributed by atoms with Gasteiger partial charge < -0.3 is 4.57 Å². The largest absolute Gasteiger partial charge is 0.305 e. The van der Waals surface area contributed by atoms with Crippen LogP contribution >= 0.6 is 23.4 Å². The molecule has 0 atom stereocenters. The number of nitrogens with zero attached hydrogens (tertiary/aromatic N) is 4. The average Bonchev–Trinajstić information content (AvgIpc) is 3.08. The standard InChI is InChI=1S/C22H23ClN4S/c1-3-4-5-6-7-8-18-13-19(15-24-14-18)21-25-26-22(27(21)2)28-16-17-9-11-20(23)12-10-17/h9-15H,3-6,16H2,1-2H3. The van der Waals surface area contributed by atoms with Crippen LogP contribution in [-0.4, -0.2) is 19.7 Å². The fourth-order valence-corrected chi connectivity index (χ4v) is 3.67. The Morgan fingerprint density at radius 3 is 2.71 bits per heavy atom. The fourth-order valence-electron chi connectivity index (χ4n) is 2.68. The SMILES string of the molecule is CCCCCC#Cc1cncc(-c2nnc(SCc3ccc(Cl)cc3)n2C)c1. The number of hydrogen-bond donors (Lipinski definition) is 0. The molecular formula is C22H23ClN4S. The summed E-state index contributed by atoms with van der Waals surface area (Å²) in [4.78, 5) is 4.33. The minimum Gasteiger partial charge on any atom is -0.305 e. The molecule has 0 N–H and O–H groups in total. The third-order valence-corrected chi connectivity index (χ3v) is 5.59. The van der Waals surface area contributed by atoms with E-state index in [4.69, 9.17) is 11.6 Å². The lowest BCUT2D eigenvalue weighted by molar-refractivity contribution is 0.737. The topological polar surface area (TPSA) is 43.6 Å². The van der Waals surface area contributed by atoms with Gasteiger partial charge in [-0.2, -0.15) is 0 Å². The van der Waals surface area contributed by atoms with Gasteiger partial charge >= 0.3 is 0 Å². The van der Waals surface area contributed by atoms with Crippen molar-refractivity contribution in [2.75, 3.05) is 0 Å². The quantitative estimate of drug-likeness (QED) is 0.282. The van der Waals surface area contributed by atoms with Gasteiger partial charge in [0, 0.05) is 47.8 Å². The van der Waals surface area contributed by atoms with Gasteiger partial charge in [-0.3, -0.25) is 4.98 Å². The smallest absolute Gasteiger partial charge is 0.191 e. The first-order chi connectivity index (χ1) is 13.7. The molecule has 0 aliphatic heterocycles. The van der Waals surface area contributed by atoms with E-state index < -0.39 is 0 Å². The van der Waals surface area contributed by atoms with Gasteiger partial charge in [0.2, 0.25) is 0 Å². The Bertz CT molecular complexity index is 970. The Balaban J connectivity index is 1.69. The maximum atomic E-state index is 5.94. The van der Waals surface area contributed by atoms with Crippen LogP contribution in [-0.2, 0) is 12.8 Å². The summed E-state index contributed by atoms with van der Waals surface area (Å²) in [5, 5.41) is 10.3. The van der Waals surface area contributed by atoms with Crippen LogP contribution in [0.3, 0.4) is 0 Å². The highest BCUT2D eigenvalue weighted by Gasteiger charge is 2.12. The van der Waals surface area contributed by atoms with Crippen molar-refractivity contribution in [3.05, 3.63) is 58.9 Å². The van der Waals surface area contributed by atoms with Crippen molar-refractivity contribution >= 4 is 23.4 Å². The number of pyridine rings is 1. The number of halogens is 1. The number of aromatic nitrogens is 4. The Kier molecular flexibility index (Phi) is 7.53. The molecule has 2 aromatic heterocycles. The Morgan fingerprint density at radius 2 is 1.93 bits per heavy atom. The summed E-state index contributed by atoms with van der Waals surface area (Å²) in [6.45, 7) is 2.20. The lowest BCUT2D eigenvalue weighted by atomic mass is 10.1. The second-order valence-electron chi connectivity index (χ2n) is 6.50. The molecule has 28 heavy (non-hydrogen) atoms. The van der Waals surface area contributed by atoms with Gasteiger partial charge in [0.25, 0.3) is 0 Å². The van der Waals surface area contributed by atoms with Gasteiger partial charge in [0.1, 0.15) is 0 Å². The number of hydrogen-bond acceptors (Lipinski definition) is 4. The molecule has 0 unspecified atom stereocenters. The molecule has 0 saturated heterocycles. The van der Waals surface area contributed by atoms with Crippen molar-refractivity contribution in [2.45, 2.75) is 43.5 Å². The van der Waals surface area contributed by atoms with Crippen molar-refractivity contribution in [3.8, 4) is 23.2 Å². The first kappa shape index (κ1) is 20.4. The van der Waals surface area contributed by atoms with E-state index in [-0.39, 0.29) is 0 Å². The monoisotopic (exact) mass is 410 g/mol. The predicted molar refractivity (Wildman–Crippen MR) is 116 cm³/mol. The van der Waals surface area contributed by atoms with Crippen LogP contribution in [0.1, 0.15) is 43.7 Å². The summed E-state index contributed by atoms with van der Waals surface area (Å²) in [5.41, 5.74) is 3.03. The zero-order chi connectivity index (χ0) is 19.8. The van der Waals surface area contributed by atoms with E-state index in [1.807, 2.05) is 41.9 Å². The van der Waals surface area contributed by atoms with E-state index in [0.29, 0.717) is 0 Å². The van der Waals surface area contributed by atoms with Gasteiger partial charge in [-0.15, -0.1) is 10.2 Å². The molecule has 0 aliphatic carbocycles. The molecule has 2 heterocycles. The Morgan fingerprint density at radius 1 is 1.11 bits per heavy atom. The third-order valence-electron chi connectivity index (χ3n) is 4.25. The van der Waals surface area contributed by atoms with Crippen molar-refractivity contribution in [2.24, 2.45) is 7.05 Å². The van der Waals surface area contributed by atoms with Crippen molar-refractivity contribution in [1.82, 2.24) is 19.7 Å². The molecule has 0 radical (unpaired) electrons. The molecule has 3 aromatic rings. The number of unbranched alkanes of at least 4 members (excludes halogenated alkanes) is 3. The minimum atomic E-state index is 0.746. The molecule has 4 nitrogen and oxygen atoms in total. The third kappa shape index (κ3) is 5.60. The summed E-state index contributed by atoms with van der Waals surface area (Å²) >= 11 is 7.59. The van der Waals surface area contributed by atoms with Gasteiger partial charge in [-0.25, -0.2) is 0 Å². The maximum Gasteiger partial charge on any atom is 0.191 e. The lowest BCUT2D eigenvalue weighted by Gasteiger charge is -2.04. The summed E-state index contributed by atoms with van der Waals surface area (Å²) < 4.78 is 2.00. The van der Waals surface area contributed by atoms with E-state index in [2.05, 4.69) is 33.9 Å². The van der Waals surface area contributed by atoms with Crippen molar-refractivity contribution < 1.29 is 0 Å². The summed E-state index contributed by atoms with van der Waals surface area (Å²) in [7, 11) is 1.97. The van der Waals surface area contributed by atoms with Crippen molar-refractivity contribution in [1.29, 1.82) is 0 Å². The fraction of sp³-hybridized carbons (Fsp3) is 0.318. The second-order valence-corrected chi connectivity index (χ2v) is 7.88. The van der Waals surface area contributed by atoms with Gasteiger partial charge in [0.15, 0.2) is 11.0 Å². The van der Waals surface area contributed by atoms with E-state index >= 15 is 0 Å². The molecule has 0 bridgehead atoms. The maximum absolute atomic E-state index is 5.94. The number of benzene rings is 1. The van der Waals surface area contributed by atoms with Crippen LogP contribution in [0.15, 0.2) is 47.9 Å². The average molecular weight is 411 g/mol. The van der Waals surface area contributed by atoms with Crippen LogP contribution in [0.25, 0.3) is 11.4 Å².